The molecule has 1 amide bonds. The number of Topliss-reactive ketones (excluding diaryl/α,β-unsaturated/α-hetero) is 1. The number of carbonyl (C=O) groups excluding carboxylic acids is 2. The molecule has 4 heteroatoms. The highest BCUT2D eigenvalue weighted by molar-refractivity contribution is 9.10. The molecule has 3 nitrogen and oxygen atoms in total. The largest absolute Gasteiger partial charge is 0.300 e. The Bertz CT molecular complexity index is 984. The third kappa shape index (κ3) is 2.97. The summed E-state index contributed by atoms with van der Waals surface area (Å²) in [6.07, 6.45) is 0.622. The number of rotatable bonds is 4. The molecular formula is C22H16BrNO2. The molecule has 0 saturated heterocycles. The van der Waals surface area contributed by atoms with Gasteiger partial charge in [0.25, 0.3) is 11.7 Å². The van der Waals surface area contributed by atoms with E-state index < -0.39 is 11.7 Å². The Balaban J connectivity index is 1.81. The summed E-state index contributed by atoms with van der Waals surface area (Å²) in [4.78, 5) is 26.9. The van der Waals surface area contributed by atoms with Crippen LogP contribution < -0.4 is 4.90 Å². The first-order valence-electron chi connectivity index (χ1n) is 8.41. The van der Waals surface area contributed by atoms with Gasteiger partial charge in [-0.1, -0.05) is 70.5 Å². The lowest BCUT2D eigenvalue weighted by atomic mass is 9.97. The van der Waals surface area contributed by atoms with Gasteiger partial charge in [0.2, 0.25) is 0 Å². The molecule has 1 unspecified atom stereocenters. The lowest BCUT2D eigenvalue weighted by Crippen LogP contribution is -2.35. The highest BCUT2D eigenvalue weighted by Crippen LogP contribution is 2.37. The summed E-state index contributed by atoms with van der Waals surface area (Å²) in [6, 6.07) is 24.9. The Morgan fingerprint density at radius 2 is 1.58 bits per heavy atom. The van der Waals surface area contributed by atoms with Crippen molar-refractivity contribution in [2.75, 3.05) is 4.90 Å². The number of nitrogens with zero attached hydrogens (tertiary/aromatic N) is 1. The lowest BCUT2D eigenvalue weighted by Gasteiger charge is -2.29. The van der Waals surface area contributed by atoms with E-state index in [0.29, 0.717) is 17.7 Å². The smallest absolute Gasteiger partial charge is 0.297 e. The summed E-state index contributed by atoms with van der Waals surface area (Å²) < 4.78 is 0.992. The number of benzene rings is 3. The number of hydrogen-bond donors (Lipinski definition) is 0. The third-order valence-corrected chi connectivity index (χ3v) is 5.13. The van der Waals surface area contributed by atoms with Gasteiger partial charge in [0.05, 0.1) is 17.3 Å². The van der Waals surface area contributed by atoms with Crippen molar-refractivity contribution in [3.8, 4) is 0 Å². The van der Waals surface area contributed by atoms with Gasteiger partial charge in [-0.25, -0.2) is 0 Å². The number of fused-ring (bicyclic) bond motifs is 1. The molecule has 0 aromatic heterocycles. The van der Waals surface area contributed by atoms with E-state index in [1.807, 2.05) is 66.7 Å². The fraction of sp³-hybridized carbons (Fsp3) is 0.0909. The highest BCUT2D eigenvalue weighted by atomic mass is 79.9. The fourth-order valence-electron chi connectivity index (χ4n) is 3.44. The second kappa shape index (κ2) is 6.89. The number of carbonyl (C=O) groups is 2. The molecule has 0 spiro atoms. The van der Waals surface area contributed by atoms with Gasteiger partial charge in [-0.2, -0.15) is 0 Å². The zero-order valence-corrected chi connectivity index (χ0v) is 15.5. The highest BCUT2D eigenvalue weighted by Gasteiger charge is 2.40. The Kier molecular flexibility index (Phi) is 4.43. The van der Waals surface area contributed by atoms with E-state index in [-0.39, 0.29) is 6.04 Å². The molecule has 4 rings (SSSR count). The van der Waals surface area contributed by atoms with Gasteiger partial charge in [0.15, 0.2) is 0 Å². The van der Waals surface area contributed by atoms with Crippen LogP contribution in [0.15, 0.2) is 83.3 Å². The Hall–Kier alpha value is -2.72. The molecule has 1 aliphatic heterocycles. The summed E-state index contributed by atoms with van der Waals surface area (Å²) in [5.74, 6) is -0.897. The van der Waals surface area contributed by atoms with Gasteiger partial charge < -0.3 is 0 Å². The van der Waals surface area contributed by atoms with Crippen LogP contribution in [0.2, 0.25) is 0 Å². The summed E-state index contributed by atoms with van der Waals surface area (Å²) in [7, 11) is 0. The molecule has 1 aliphatic rings. The van der Waals surface area contributed by atoms with E-state index in [1.165, 1.54) is 0 Å². The van der Waals surface area contributed by atoms with E-state index in [1.54, 1.807) is 17.0 Å². The quantitative estimate of drug-likeness (QED) is 0.575. The van der Waals surface area contributed by atoms with E-state index in [4.69, 9.17) is 0 Å². The minimum absolute atomic E-state index is 0.245. The molecule has 26 heavy (non-hydrogen) atoms. The summed E-state index contributed by atoms with van der Waals surface area (Å²) in [5.41, 5.74) is 3.27. The fourth-order valence-corrected chi connectivity index (χ4v) is 3.89. The Morgan fingerprint density at radius 3 is 2.35 bits per heavy atom. The molecule has 0 radical (unpaired) electrons. The molecule has 0 aliphatic carbocycles. The molecule has 0 fully saturated rings. The van der Waals surface area contributed by atoms with Crippen LogP contribution >= 0.6 is 15.9 Å². The first kappa shape index (κ1) is 16.7. The first-order valence-corrected chi connectivity index (χ1v) is 9.21. The van der Waals surface area contributed by atoms with Crippen molar-refractivity contribution >= 4 is 33.3 Å². The van der Waals surface area contributed by atoms with Gasteiger partial charge in [-0.05, 0) is 41.8 Å². The zero-order valence-electron chi connectivity index (χ0n) is 13.9. The molecule has 0 saturated carbocycles. The maximum Gasteiger partial charge on any atom is 0.300 e. The number of para-hydroxylation sites is 1. The lowest BCUT2D eigenvalue weighted by molar-refractivity contribution is -0.114. The van der Waals surface area contributed by atoms with Crippen molar-refractivity contribution < 1.29 is 9.59 Å². The van der Waals surface area contributed by atoms with Crippen LogP contribution in [-0.2, 0) is 11.2 Å². The standard InChI is InChI=1S/C22H16BrNO2/c23-17-10-6-7-15(13-17)14-20(16-8-2-1-3-9-16)24-19-12-5-4-11-18(19)21(25)22(24)26/h1-13,20H,14H2. The summed E-state index contributed by atoms with van der Waals surface area (Å²) in [5, 5.41) is 0. The van der Waals surface area contributed by atoms with Crippen molar-refractivity contribution in [1.29, 1.82) is 0 Å². The van der Waals surface area contributed by atoms with Crippen LogP contribution in [0, 0.1) is 0 Å². The number of amides is 1. The van der Waals surface area contributed by atoms with E-state index in [2.05, 4.69) is 15.9 Å². The van der Waals surface area contributed by atoms with Crippen molar-refractivity contribution in [2.45, 2.75) is 12.5 Å². The van der Waals surface area contributed by atoms with Crippen LogP contribution in [0.4, 0.5) is 5.69 Å². The monoisotopic (exact) mass is 405 g/mol. The molecule has 128 valence electrons. The number of ketones is 1. The van der Waals surface area contributed by atoms with Crippen LogP contribution in [0.5, 0.6) is 0 Å². The first-order chi connectivity index (χ1) is 12.6. The molecule has 3 aromatic rings. The molecule has 3 aromatic carbocycles. The van der Waals surface area contributed by atoms with Gasteiger partial charge in [-0.3, -0.25) is 14.5 Å². The maximum absolute atomic E-state index is 12.8. The van der Waals surface area contributed by atoms with Gasteiger partial charge in [0.1, 0.15) is 0 Å². The second-order valence-corrected chi connectivity index (χ2v) is 7.20. The average Bonchev–Trinajstić information content (AvgIpc) is 2.92. The summed E-state index contributed by atoms with van der Waals surface area (Å²) >= 11 is 3.50. The molecule has 0 bridgehead atoms. The predicted molar refractivity (Wildman–Crippen MR) is 105 cm³/mol. The van der Waals surface area contributed by atoms with Gasteiger partial charge >= 0.3 is 0 Å². The van der Waals surface area contributed by atoms with Crippen molar-refractivity contribution in [1.82, 2.24) is 0 Å². The van der Waals surface area contributed by atoms with Crippen molar-refractivity contribution in [2.24, 2.45) is 0 Å². The summed E-state index contributed by atoms with van der Waals surface area (Å²) in [6.45, 7) is 0. The Labute approximate surface area is 160 Å². The zero-order chi connectivity index (χ0) is 18.1. The maximum atomic E-state index is 12.8. The molecule has 1 heterocycles. The topological polar surface area (TPSA) is 37.4 Å². The predicted octanol–water partition coefficient (Wildman–Crippen LogP) is 4.96. The van der Waals surface area contributed by atoms with E-state index in [9.17, 15) is 9.59 Å². The SMILES string of the molecule is O=C1C(=O)N(C(Cc2cccc(Br)c2)c2ccccc2)c2ccccc21. The van der Waals surface area contributed by atoms with Crippen molar-refractivity contribution in [3.63, 3.8) is 0 Å². The second-order valence-electron chi connectivity index (χ2n) is 6.28. The van der Waals surface area contributed by atoms with Gasteiger partial charge in [-0.15, -0.1) is 0 Å². The normalized spacial score (nSPS) is 14.4. The van der Waals surface area contributed by atoms with E-state index >= 15 is 0 Å². The third-order valence-electron chi connectivity index (χ3n) is 4.64. The number of hydrogen-bond acceptors (Lipinski definition) is 2. The van der Waals surface area contributed by atoms with Crippen LogP contribution in [0.25, 0.3) is 0 Å². The van der Waals surface area contributed by atoms with Crippen LogP contribution in [-0.4, -0.2) is 11.7 Å². The Morgan fingerprint density at radius 1 is 0.846 bits per heavy atom. The van der Waals surface area contributed by atoms with Gasteiger partial charge in [0, 0.05) is 4.47 Å². The van der Waals surface area contributed by atoms with E-state index in [0.717, 1.165) is 15.6 Å². The molecule has 0 N–H and O–H groups in total. The number of anilines is 1. The minimum atomic E-state index is -0.463. The van der Waals surface area contributed by atoms with Crippen LogP contribution in [0.3, 0.4) is 0 Å². The molecule has 1 atom stereocenters. The minimum Gasteiger partial charge on any atom is -0.297 e. The molecular weight excluding hydrogens is 390 g/mol. The number of halogens is 1. The van der Waals surface area contributed by atoms with Crippen molar-refractivity contribution in [3.05, 3.63) is 100 Å². The average molecular weight is 406 g/mol. The van der Waals surface area contributed by atoms with Crippen LogP contribution in [0.1, 0.15) is 27.5 Å².